The molecule has 0 spiro atoms. The number of unbranched alkanes of at least 4 members (excludes halogenated alkanes) is 47. The number of rotatable bonds is 88. The summed E-state index contributed by atoms with van der Waals surface area (Å²) in [7, 11) is -9.79. The quantitative estimate of drug-likeness (QED) is 0.0146. The Morgan fingerprint density at radius 2 is 0.469 bits per heavy atom. The Morgan fingerprint density at radius 3 is 0.761 bits per heavy atom. The van der Waals surface area contributed by atoms with Gasteiger partial charge in [0.05, 0.1) is 26.4 Å². The zero-order valence-electron chi connectivity index (χ0n) is 72.3. The van der Waals surface area contributed by atoms with Gasteiger partial charge in [-0.25, -0.2) is 9.13 Å². The number of ether oxygens (including phenoxy) is 3. The summed E-state index contributed by atoms with van der Waals surface area (Å²) in [4.78, 5) is 58.9. The molecule has 0 rings (SSSR count). The van der Waals surface area contributed by atoms with E-state index in [-0.39, 0.29) is 19.3 Å². The summed E-state index contributed by atoms with van der Waals surface area (Å²) in [6, 6.07) is 0. The van der Waals surface area contributed by atoms with Gasteiger partial charge in [0, 0.05) is 19.3 Å². The third kappa shape index (κ3) is 88.9. The number of aliphatic hydroxyl groups excluding tert-OH is 2. The largest absolute Gasteiger partial charge is 0.472 e. The molecule has 0 fully saturated rings. The van der Waals surface area contributed by atoms with Gasteiger partial charge >= 0.3 is 33.6 Å². The highest BCUT2D eigenvalue weighted by Crippen LogP contribution is 2.45. The molecule has 0 saturated carbocycles. The first-order valence-electron chi connectivity index (χ1n) is 46.2. The molecule has 0 aliphatic carbocycles. The summed E-state index contributed by atoms with van der Waals surface area (Å²) in [5.41, 5.74) is 0. The Labute approximate surface area is 691 Å². The molecule has 4 N–H and O–H groups in total. The second-order valence-electron chi connectivity index (χ2n) is 31.1. The van der Waals surface area contributed by atoms with Crippen molar-refractivity contribution in [3.05, 3.63) is 109 Å². The molecule has 5 atom stereocenters. The van der Waals surface area contributed by atoms with Crippen LogP contribution in [0, 0.1) is 0 Å². The number of esters is 3. The summed E-state index contributed by atoms with van der Waals surface area (Å²) in [6.45, 7) is 2.63. The second kappa shape index (κ2) is 87.5. The molecule has 0 aromatic heterocycles. The van der Waals surface area contributed by atoms with E-state index in [1.54, 1.807) is 0 Å². The van der Waals surface area contributed by atoms with Crippen molar-refractivity contribution in [2.45, 2.75) is 437 Å². The van der Waals surface area contributed by atoms with Crippen LogP contribution in [0.3, 0.4) is 0 Å². The number of phosphoric ester groups is 2. The summed E-state index contributed by atoms with van der Waals surface area (Å²) >= 11 is 0. The van der Waals surface area contributed by atoms with Gasteiger partial charge in [-0.05, 0) is 109 Å². The molecule has 0 aromatic rings. The van der Waals surface area contributed by atoms with Crippen molar-refractivity contribution in [3.63, 3.8) is 0 Å². The van der Waals surface area contributed by atoms with Gasteiger partial charge in [0.15, 0.2) is 6.10 Å². The van der Waals surface area contributed by atoms with Gasteiger partial charge in [0.2, 0.25) is 0 Å². The average molecular weight is 1630 g/mol. The molecule has 5 unspecified atom stereocenters. The van der Waals surface area contributed by atoms with E-state index in [1.807, 2.05) is 0 Å². The molecule has 0 radical (unpaired) electrons. The van der Waals surface area contributed by atoms with Gasteiger partial charge in [-0.15, -0.1) is 0 Å². The van der Waals surface area contributed by atoms with Crippen molar-refractivity contribution in [3.8, 4) is 0 Å². The molecular formula is C95H170O16P2. The summed E-state index contributed by atoms with van der Waals surface area (Å²) in [5.74, 6) is -1.55. The average Bonchev–Trinajstić information content (AvgIpc) is 0.903. The Hall–Kier alpha value is -3.79. The molecule has 0 heterocycles. The molecular weight excluding hydrogens is 1460 g/mol. The lowest BCUT2D eigenvalue weighted by atomic mass is 10.0. The number of aliphatic hydroxyl groups is 2. The van der Waals surface area contributed by atoms with E-state index < -0.39 is 91.5 Å². The van der Waals surface area contributed by atoms with E-state index in [9.17, 15) is 43.5 Å². The van der Waals surface area contributed by atoms with Crippen LogP contribution in [-0.4, -0.2) is 95.9 Å². The van der Waals surface area contributed by atoms with E-state index in [0.717, 1.165) is 116 Å². The van der Waals surface area contributed by atoms with Gasteiger partial charge in [0.1, 0.15) is 25.4 Å². The number of carbonyl (C=O) groups is 3. The Bertz CT molecular complexity index is 2490. The van der Waals surface area contributed by atoms with Crippen LogP contribution < -0.4 is 0 Å². The SMILES string of the molecule is CC/C=C\C/C=C\C/C=C\C/C=C\C/C=C\CCCCCCCCCCCCCCCCCC(=O)OCC(O)COP(=O)(O)OCC(O)COP(=O)(O)OCC(COC(=O)CCCCCCCCCCCCCCCCC/C=C\C/C=C\C/C=C\C/C=C\CCCCC)OC(=O)CCCCCCCCCCCCCCCCC. The molecule has 0 aliphatic heterocycles. The Morgan fingerprint density at radius 1 is 0.257 bits per heavy atom. The van der Waals surface area contributed by atoms with Gasteiger partial charge in [-0.2, -0.15) is 0 Å². The minimum atomic E-state index is -4.93. The Kier molecular flexibility index (Phi) is 84.6. The molecule has 16 nitrogen and oxygen atoms in total. The molecule has 0 amide bonds. The zero-order chi connectivity index (χ0) is 82.2. The van der Waals surface area contributed by atoms with Crippen molar-refractivity contribution < 1.29 is 75.8 Å². The molecule has 18 heteroatoms. The van der Waals surface area contributed by atoms with Gasteiger partial charge < -0.3 is 34.2 Å². The number of hydrogen-bond acceptors (Lipinski definition) is 14. The van der Waals surface area contributed by atoms with Crippen LogP contribution in [0.4, 0.5) is 0 Å². The van der Waals surface area contributed by atoms with Gasteiger partial charge in [-0.3, -0.25) is 32.5 Å². The Balaban J connectivity index is 4.45. The molecule has 0 saturated heterocycles. The van der Waals surface area contributed by atoms with Crippen LogP contribution in [0.1, 0.15) is 419 Å². The van der Waals surface area contributed by atoms with Crippen molar-refractivity contribution in [1.82, 2.24) is 0 Å². The fourth-order valence-corrected chi connectivity index (χ4v) is 14.6. The normalized spacial score (nSPS) is 14.3. The lowest BCUT2D eigenvalue weighted by molar-refractivity contribution is -0.161. The lowest BCUT2D eigenvalue weighted by Gasteiger charge is -2.21. The summed E-state index contributed by atoms with van der Waals surface area (Å²) in [6.07, 6.45) is 106. The summed E-state index contributed by atoms with van der Waals surface area (Å²) < 4.78 is 61.4. The highest BCUT2D eigenvalue weighted by atomic mass is 31.2. The topological polar surface area (TPSA) is 231 Å². The number of phosphoric acid groups is 2. The van der Waals surface area contributed by atoms with Crippen LogP contribution in [0.5, 0.6) is 0 Å². The number of allylic oxidation sites excluding steroid dienone is 18. The first-order valence-corrected chi connectivity index (χ1v) is 49.2. The summed E-state index contributed by atoms with van der Waals surface area (Å²) in [5, 5.41) is 20.7. The minimum absolute atomic E-state index is 0.110. The number of hydrogen-bond donors (Lipinski definition) is 4. The predicted molar refractivity (Wildman–Crippen MR) is 473 cm³/mol. The fourth-order valence-electron chi connectivity index (χ4n) is 13.0. The highest BCUT2D eigenvalue weighted by molar-refractivity contribution is 7.47. The van der Waals surface area contributed by atoms with Gasteiger partial charge in [0.25, 0.3) is 0 Å². The zero-order valence-corrected chi connectivity index (χ0v) is 74.1. The maximum atomic E-state index is 13.0. The van der Waals surface area contributed by atoms with Crippen molar-refractivity contribution >= 4 is 33.6 Å². The standard InChI is InChI=1S/C95H170O16P2/c1-4-7-10-13-16-19-22-25-28-30-32-34-36-38-40-42-44-46-48-50-52-54-56-58-61-63-66-69-72-75-78-81-93(98)105-84-90(96)85-107-112(101,102)108-86-91(97)87-109-113(103,104)110-89-92(111-95(100)83-80-77-74-71-68-65-60-27-24-21-18-15-12-9-6-3)88-106-94(99)82-79-76-73-70-67-64-62-59-57-55-53-51-49-47-45-43-41-39-37-35-33-31-29-26-23-20-17-14-11-8-5-2/h7,10,16-17,19-20,25-26,28-29,32-35,38-41,90-92,96-97H,4-6,8-9,11-15,18,21-24,27,30-31,36-37,42-89H2,1-3H3,(H,101,102)(H,103,104)/b10-7-,19-16-,20-17-,28-25-,29-26-,34-32-,35-33-,40-38-,41-39-. The van der Waals surface area contributed by atoms with Crippen molar-refractivity contribution in [2.24, 2.45) is 0 Å². The molecule has 113 heavy (non-hydrogen) atoms. The maximum Gasteiger partial charge on any atom is 0.472 e. The first kappa shape index (κ1) is 109. The minimum Gasteiger partial charge on any atom is -0.463 e. The van der Waals surface area contributed by atoms with E-state index in [1.165, 1.54) is 244 Å². The monoisotopic (exact) mass is 1630 g/mol. The van der Waals surface area contributed by atoms with E-state index in [4.69, 9.17) is 32.3 Å². The predicted octanol–water partition coefficient (Wildman–Crippen LogP) is 28.2. The third-order valence-electron chi connectivity index (χ3n) is 20.0. The van der Waals surface area contributed by atoms with E-state index >= 15 is 0 Å². The maximum absolute atomic E-state index is 13.0. The highest BCUT2D eigenvalue weighted by Gasteiger charge is 2.29. The molecule has 0 aliphatic rings. The van der Waals surface area contributed by atoms with E-state index in [0.29, 0.717) is 19.3 Å². The fraction of sp³-hybridized carbons (Fsp3) is 0.779. The van der Waals surface area contributed by atoms with Crippen LogP contribution in [0.25, 0.3) is 0 Å². The van der Waals surface area contributed by atoms with Crippen LogP contribution in [0.15, 0.2) is 109 Å². The first-order chi connectivity index (χ1) is 55.2. The molecule has 656 valence electrons. The molecule has 0 aromatic carbocycles. The number of carbonyl (C=O) groups excluding carboxylic acids is 3. The third-order valence-corrected chi connectivity index (χ3v) is 21.9. The lowest BCUT2D eigenvalue weighted by Crippen LogP contribution is -2.30. The van der Waals surface area contributed by atoms with Crippen LogP contribution >= 0.6 is 15.6 Å². The van der Waals surface area contributed by atoms with Crippen LogP contribution in [0.2, 0.25) is 0 Å². The van der Waals surface area contributed by atoms with Crippen LogP contribution in [-0.2, 0) is 55.8 Å². The van der Waals surface area contributed by atoms with Crippen molar-refractivity contribution in [1.29, 1.82) is 0 Å². The second-order valence-corrected chi connectivity index (χ2v) is 34.0. The van der Waals surface area contributed by atoms with Crippen molar-refractivity contribution in [2.75, 3.05) is 39.6 Å². The van der Waals surface area contributed by atoms with E-state index in [2.05, 4.69) is 130 Å². The van der Waals surface area contributed by atoms with Gasteiger partial charge in [-0.1, -0.05) is 400 Å². The molecule has 0 bridgehead atoms. The smallest absolute Gasteiger partial charge is 0.463 e.